The minimum absolute atomic E-state index is 0.0778. The molecule has 1 N–H and O–H groups in total. The number of esters is 1. The molecule has 0 fully saturated rings. The first kappa shape index (κ1) is 20.4. The molecule has 0 saturated carbocycles. The first-order valence-corrected chi connectivity index (χ1v) is 11.3. The SMILES string of the molecule is O=C(COC(=O)CCn1cnc2sc3c(c2c1=O)CCCC3)NC(=O)c1cccs1. The Morgan fingerprint density at radius 1 is 1.23 bits per heavy atom. The van der Waals surface area contributed by atoms with Crippen molar-refractivity contribution in [3.05, 3.63) is 49.5 Å². The van der Waals surface area contributed by atoms with E-state index in [1.165, 1.54) is 27.1 Å². The number of hydrogen-bond donors (Lipinski definition) is 1. The van der Waals surface area contributed by atoms with Gasteiger partial charge in [0.15, 0.2) is 6.61 Å². The zero-order valence-electron chi connectivity index (χ0n) is 16.0. The van der Waals surface area contributed by atoms with Gasteiger partial charge in [0.05, 0.1) is 23.0 Å². The van der Waals surface area contributed by atoms with Crippen LogP contribution in [0.3, 0.4) is 0 Å². The molecule has 0 spiro atoms. The van der Waals surface area contributed by atoms with Crippen LogP contribution >= 0.6 is 22.7 Å². The fraction of sp³-hybridized carbons (Fsp3) is 0.350. The molecule has 2 amide bonds. The maximum atomic E-state index is 12.9. The normalized spacial score (nSPS) is 13.1. The van der Waals surface area contributed by atoms with Crippen LogP contribution in [0.1, 0.15) is 39.4 Å². The van der Waals surface area contributed by atoms with Gasteiger partial charge < -0.3 is 4.74 Å². The Bertz CT molecular complexity index is 1160. The van der Waals surface area contributed by atoms with Crippen molar-refractivity contribution in [2.75, 3.05) is 6.61 Å². The summed E-state index contributed by atoms with van der Waals surface area (Å²) in [6, 6.07) is 3.29. The van der Waals surface area contributed by atoms with Gasteiger partial charge in [-0.05, 0) is 42.7 Å². The van der Waals surface area contributed by atoms with Crippen LogP contribution in [-0.4, -0.2) is 33.9 Å². The zero-order valence-corrected chi connectivity index (χ0v) is 17.6. The average molecular weight is 446 g/mol. The van der Waals surface area contributed by atoms with E-state index in [0.717, 1.165) is 36.1 Å². The number of nitrogens with zero attached hydrogens (tertiary/aromatic N) is 2. The number of fused-ring (bicyclic) bond motifs is 3. The first-order valence-electron chi connectivity index (χ1n) is 9.56. The van der Waals surface area contributed by atoms with E-state index in [2.05, 4.69) is 10.3 Å². The predicted molar refractivity (Wildman–Crippen MR) is 113 cm³/mol. The van der Waals surface area contributed by atoms with E-state index in [0.29, 0.717) is 10.3 Å². The Morgan fingerprint density at radius 3 is 2.87 bits per heavy atom. The summed E-state index contributed by atoms with van der Waals surface area (Å²) in [6.45, 7) is -0.443. The quantitative estimate of drug-likeness (QED) is 0.584. The molecule has 10 heteroatoms. The molecular weight excluding hydrogens is 426 g/mol. The van der Waals surface area contributed by atoms with Crippen LogP contribution in [0, 0.1) is 0 Å². The van der Waals surface area contributed by atoms with Crippen molar-refractivity contribution in [3.63, 3.8) is 0 Å². The number of aromatic nitrogens is 2. The lowest BCUT2D eigenvalue weighted by molar-refractivity contribution is -0.148. The summed E-state index contributed by atoms with van der Waals surface area (Å²) in [6.07, 6.45) is 5.44. The number of thiophene rings is 2. The molecule has 0 radical (unpaired) electrons. The number of hydrogen-bond acceptors (Lipinski definition) is 8. The fourth-order valence-corrected chi connectivity index (χ4v) is 5.24. The van der Waals surface area contributed by atoms with E-state index in [1.54, 1.807) is 28.8 Å². The smallest absolute Gasteiger partial charge is 0.308 e. The maximum Gasteiger partial charge on any atom is 0.308 e. The van der Waals surface area contributed by atoms with E-state index < -0.39 is 24.4 Å². The van der Waals surface area contributed by atoms with Crippen LogP contribution in [-0.2, 0) is 33.7 Å². The van der Waals surface area contributed by atoms with E-state index >= 15 is 0 Å². The van der Waals surface area contributed by atoms with Crippen LogP contribution in [0.25, 0.3) is 10.2 Å². The Morgan fingerprint density at radius 2 is 2.07 bits per heavy atom. The number of ether oxygens (including phenoxy) is 1. The van der Waals surface area contributed by atoms with Gasteiger partial charge in [-0.25, -0.2) is 4.98 Å². The number of nitrogens with one attached hydrogen (secondary N) is 1. The topological polar surface area (TPSA) is 107 Å². The van der Waals surface area contributed by atoms with Crippen molar-refractivity contribution < 1.29 is 19.1 Å². The Hall–Kier alpha value is -2.85. The summed E-state index contributed by atoms with van der Waals surface area (Å²) in [5.41, 5.74) is 0.953. The molecular formula is C20H19N3O5S2. The highest BCUT2D eigenvalue weighted by Crippen LogP contribution is 2.33. The second kappa shape index (κ2) is 8.88. The maximum absolute atomic E-state index is 12.9. The predicted octanol–water partition coefficient (Wildman–Crippen LogP) is 2.29. The minimum atomic E-state index is -0.702. The molecule has 4 rings (SSSR count). The summed E-state index contributed by atoms with van der Waals surface area (Å²) < 4.78 is 6.32. The summed E-state index contributed by atoms with van der Waals surface area (Å²) in [5.74, 6) is -1.86. The van der Waals surface area contributed by atoms with Crippen LogP contribution in [0.2, 0.25) is 0 Å². The lowest BCUT2D eigenvalue weighted by Crippen LogP contribution is -2.33. The molecule has 0 bridgehead atoms. The molecule has 0 atom stereocenters. The second-order valence-corrected chi connectivity index (χ2v) is 8.93. The highest BCUT2D eigenvalue weighted by molar-refractivity contribution is 7.18. The van der Waals surface area contributed by atoms with Crippen LogP contribution in [0.4, 0.5) is 0 Å². The summed E-state index contributed by atoms with van der Waals surface area (Å²) >= 11 is 2.78. The minimum Gasteiger partial charge on any atom is -0.456 e. The van der Waals surface area contributed by atoms with Crippen molar-refractivity contribution >= 4 is 50.7 Å². The molecule has 0 unspecified atom stereocenters. The van der Waals surface area contributed by atoms with Gasteiger partial charge in [0.2, 0.25) is 0 Å². The molecule has 3 aromatic rings. The fourth-order valence-electron chi connectivity index (χ4n) is 3.40. The number of rotatable bonds is 6. The highest BCUT2D eigenvalue weighted by Gasteiger charge is 2.20. The lowest BCUT2D eigenvalue weighted by Gasteiger charge is -2.10. The van der Waals surface area contributed by atoms with Crippen molar-refractivity contribution in [1.82, 2.24) is 14.9 Å². The number of imide groups is 1. The Balaban J connectivity index is 1.32. The molecule has 3 aromatic heterocycles. The van der Waals surface area contributed by atoms with Gasteiger partial charge >= 0.3 is 5.97 Å². The molecule has 0 aromatic carbocycles. The molecule has 3 heterocycles. The standard InChI is InChI=1S/C20H19N3O5S2/c24-15(22-18(26)14-6-3-9-29-14)10-28-16(25)7-8-23-11-21-19-17(20(23)27)12-4-1-2-5-13(12)30-19/h3,6,9,11H,1-2,4-5,7-8,10H2,(H,22,24,26). The van der Waals surface area contributed by atoms with Crippen molar-refractivity contribution in [2.45, 2.75) is 38.6 Å². The summed E-state index contributed by atoms with van der Waals surface area (Å²) in [7, 11) is 0. The number of carbonyl (C=O) groups is 3. The molecule has 0 saturated heterocycles. The number of amides is 2. The Kier molecular flexibility index (Phi) is 6.05. The largest absolute Gasteiger partial charge is 0.456 e. The molecule has 1 aliphatic carbocycles. The van der Waals surface area contributed by atoms with Crippen molar-refractivity contribution in [2.24, 2.45) is 0 Å². The van der Waals surface area contributed by atoms with Crippen LogP contribution in [0.15, 0.2) is 28.6 Å². The van der Waals surface area contributed by atoms with Gasteiger partial charge in [0.1, 0.15) is 4.83 Å². The third-order valence-electron chi connectivity index (χ3n) is 4.86. The van der Waals surface area contributed by atoms with Gasteiger partial charge in [-0.2, -0.15) is 0 Å². The van der Waals surface area contributed by atoms with Gasteiger partial charge in [0.25, 0.3) is 17.4 Å². The van der Waals surface area contributed by atoms with Crippen LogP contribution < -0.4 is 10.9 Å². The monoisotopic (exact) mass is 445 g/mol. The van der Waals surface area contributed by atoms with Crippen molar-refractivity contribution in [3.8, 4) is 0 Å². The van der Waals surface area contributed by atoms with Gasteiger partial charge in [-0.1, -0.05) is 6.07 Å². The first-order chi connectivity index (χ1) is 14.5. The molecule has 0 aliphatic heterocycles. The molecule has 30 heavy (non-hydrogen) atoms. The second-order valence-electron chi connectivity index (χ2n) is 6.90. The highest BCUT2D eigenvalue weighted by atomic mass is 32.1. The zero-order chi connectivity index (χ0) is 21.1. The van der Waals surface area contributed by atoms with E-state index in [-0.39, 0.29) is 18.5 Å². The number of carbonyl (C=O) groups excluding carboxylic acids is 3. The van der Waals surface area contributed by atoms with E-state index in [9.17, 15) is 19.2 Å². The average Bonchev–Trinajstić information content (AvgIpc) is 3.40. The van der Waals surface area contributed by atoms with Crippen molar-refractivity contribution in [1.29, 1.82) is 0 Å². The van der Waals surface area contributed by atoms with E-state index in [1.807, 2.05) is 0 Å². The third kappa shape index (κ3) is 4.34. The van der Waals surface area contributed by atoms with Crippen LogP contribution in [0.5, 0.6) is 0 Å². The lowest BCUT2D eigenvalue weighted by atomic mass is 9.97. The van der Waals surface area contributed by atoms with Gasteiger partial charge in [-0.3, -0.25) is 29.1 Å². The van der Waals surface area contributed by atoms with E-state index in [4.69, 9.17) is 4.74 Å². The number of aryl methyl sites for hydroxylation is 3. The summed E-state index contributed by atoms with van der Waals surface area (Å²) in [5, 5.41) is 4.54. The van der Waals surface area contributed by atoms with Gasteiger partial charge in [-0.15, -0.1) is 22.7 Å². The third-order valence-corrected chi connectivity index (χ3v) is 6.93. The summed E-state index contributed by atoms with van der Waals surface area (Å²) in [4.78, 5) is 55.1. The molecule has 1 aliphatic rings. The molecule has 156 valence electrons. The molecule has 8 nitrogen and oxygen atoms in total. The van der Waals surface area contributed by atoms with Gasteiger partial charge in [0, 0.05) is 11.4 Å². The Labute approximate surface area is 179 Å².